The number of carbonyl (C=O) groups excluding carboxylic acids is 2. The Labute approximate surface area is 164 Å². The van der Waals surface area contributed by atoms with E-state index < -0.39 is 0 Å². The van der Waals surface area contributed by atoms with Crippen molar-refractivity contribution in [3.8, 4) is 5.75 Å². The van der Waals surface area contributed by atoms with Crippen LogP contribution >= 0.6 is 0 Å². The Morgan fingerprint density at radius 3 is 2.32 bits per heavy atom. The van der Waals surface area contributed by atoms with Gasteiger partial charge in [-0.05, 0) is 49.7 Å². The lowest BCUT2D eigenvalue weighted by Crippen LogP contribution is -2.49. The largest absolute Gasteiger partial charge is 0.494 e. The van der Waals surface area contributed by atoms with Crippen LogP contribution in [0.4, 0.5) is 10.1 Å². The molecule has 0 aromatic heterocycles. The molecule has 2 aromatic rings. The van der Waals surface area contributed by atoms with Crippen LogP contribution in [0.5, 0.6) is 5.75 Å². The quantitative estimate of drug-likeness (QED) is 0.541. The van der Waals surface area contributed by atoms with E-state index in [4.69, 9.17) is 4.74 Å². The molecule has 1 heterocycles. The van der Waals surface area contributed by atoms with E-state index in [-0.39, 0.29) is 17.5 Å². The molecule has 1 amide bonds. The van der Waals surface area contributed by atoms with E-state index >= 15 is 0 Å². The van der Waals surface area contributed by atoms with Crippen molar-refractivity contribution in [1.29, 1.82) is 0 Å². The molecule has 6 heteroatoms. The van der Waals surface area contributed by atoms with E-state index in [1.807, 2.05) is 15.9 Å². The first-order valence-corrected chi connectivity index (χ1v) is 9.55. The second-order valence-electron chi connectivity index (χ2n) is 6.85. The van der Waals surface area contributed by atoms with E-state index in [9.17, 15) is 14.0 Å². The highest BCUT2D eigenvalue weighted by Gasteiger charge is 2.22. The zero-order valence-electron chi connectivity index (χ0n) is 16.1. The number of para-hydroxylation sites is 1. The Morgan fingerprint density at radius 2 is 1.68 bits per heavy atom. The molecule has 148 valence electrons. The van der Waals surface area contributed by atoms with Gasteiger partial charge in [0.15, 0.2) is 5.78 Å². The maximum Gasteiger partial charge on any atom is 0.222 e. The molecular formula is C22H25FN2O3. The maximum absolute atomic E-state index is 13.9. The highest BCUT2D eigenvalue weighted by molar-refractivity contribution is 5.94. The number of amides is 1. The number of benzene rings is 2. The van der Waals surface area contributed by atoms with Crippen molar-refractivity contribution in [3.63, 3.8) is 0 Å². The van der Waals surface area contributed by atoms with Crippen molar-refractivity contribution in [2.75, 3.05) is 37.7 Å². The van der Waals surface area contributed by atoms with E-state index in [0.717, 1.165) is 0 Å². The lowest BCUT2D eigenvalue weighted by molar-refractivity contribution is -0.131. The number of Topliss-reactive ketones (excluding diaryl/α,β-unsaturated/α-hetero) is 1. The van der Waals surface area contributed by atoms with Crippen LogP contribution in [0.15, 0.2) is 48.5 Å². The highest BCUT2D eigenvalue weighted by atomic mass is 19.1. The van der Waals surface area contributed by atoms with Gasteiger partial charge in [-0.25, -0.2) is 4.39 Å². The van der Waals surface area contributed by atoms with Gasteiger partial charge in [0.1, 0.15) is 11.6 Å². The zero-order valence-corrected chi connectivity index (χ0v) is 16.1. The van der Waals surface area contributed by atoms with E-state index in [1.54, 1.807) is 36.4 Å². The molecule has 0 aliphatic carbocycles. The minimum Gasteiger partial charge on any atom is -0.494 e. The molecule has 3 rings (SSSR count). The first kappa shape index (κ1) is 19.9. The van der Waals surface area contributed by atoms with Crippen LogP contribution in [0, 0.1) is 5.82 Å². The number of halogens is 1. The van der Waals surface area contributed by atoms with Gasteiger partial charge in [0.25, 0.3) is 0 Å². The fourth-order valence-electron chi connectivity index (χ4n) is 3.26. The summed E-state index contributed by atoms with van der Waals surface area (Å²) >= 11 is 0. The molecular weight excluding hydrogens is 359 g/mol. The molecule has 0 N–H and O–H groups in total. The highest BCUT2D eigenvalue weighted by Crippen LogP contribution is 2.20. The van der Waals surface area contributed by atoms with E-state index in [1.165, 1.54) is 13.0 Å². The Hall–Kier alpha value is -2.89. The van der Waals surface area contributed by atoms with Gasteiger partial charge >= 0.3 is 0 Å². The number of carbonyl (C=O) groups is 2. The van der Waals surface area contributed by atoms with Crippen LogP contribution in [-0.4, -0.2) is 49.4 Å². The van der Waals surface area contributed by atoms with E-state index in [0.29, 0.717) is 62.6 Å². The number of anilines is 1. The summed E-state index contributed by atoms with van der Waals surface area (Å²) in [6.07, 6.45) is 1.05. The Morgan fingerprint density at radius 1 is 1.00 bits per heavy atom. The molecule has 0 saturated carbocycles. The van der Waals surface area contributed by atoms with Crippen molar-refractivity contribution in [1.82, 2.24) is 4.90 Å². The van der Waals surface area contributed by atoms with Crippen LogP contribution in [0.1, 0.15) is 30.1 Å². The van der Waals surface area contributed by atoms with Crippen molar-refractivity contribution >= 4 is 17.4 Å². The number of rotatable bonds is 7. The van der Waals surface area contributed by atoms with Gasteiger partial charge in [-0.3, -0.25) is 9.59 Å². The van der Waals surface area contributed by atoms with Crippen LogP contribution in [0.25, 0.3) is 0 Å². The molecule has 28 heavy (non-hydrogen) atoms. The standard InChI is InChI=1S/C22H25FN2O3/c1-17(26)18-8-10-19(11-9-18)28-16-4-7-22(27)25-14-12-24(13-15-25)21-6-3-2-5-20(21)23/h2-3,5-6,8-11H,4,7,12-16H2,1H3. The average molecular weight is 384 g/mol. The monoisotopic (exact) mass is 384 g/mol. The topological polar surface area (TPSA) is 49.9 Å². The molecule has 0 bridgehead atoms. The number of ether oxygens (including phenoxy) is 1. The molecule has 5 nitrogen and oxygen atoms in total. The molecule has 0 spiro atoms. The number of ketones is 1. The molecule has 1 fully saturated rings. The lowest BCUT2D eigenvalue weighted by atomic mass is 10.1. The summed E-state index contributed by atoms with van der Waals surface area (Å²) < 4.78 is 19.5. The van der Waals surface area contributed by atoms with Gasteiger partial charge in [0, 0.05) is 38.2 Å². The predicted molar refractivity (Wildman–Crippen MR) is 106 cm³/mol. The van der Waals surface area contributed by atoms with Crippen molar-refractivity contribution in [3.05, 3.63) is 59.9 Å². The molecule has 0 unspecified atom stereocenters. The summed E-state index contributed by atoms with van der Waals surface area (Å²) in [7, 11) is 0. The Balaban J connectivity index is 1.38. The minimum absolute atomic E-state index is 0.0206. The molecule has 0 radical (unpaired) electrons. The van der Waals surface area contributed by atoms with Gasteiger partial charge in [-0.1, -0.05) is 12.1 Å². The third kappa shape index (κ3) is 5.09. The van der Waals surface area contributed by atoms with Crippen LogP contribution in [-0.2, 0) is 4.79 Å². The lowest BCUT2D eigenvalue weighted by Gasteiger charge is -2.36. The van der Waals surface area contributed by atoms with Crippen molar-refractivity contribution in [2.45, 2.75) is 19.8 Å². The molecule has 0 atom stereocenters. The third-order valence-electron chi connectivity index (χ3n) is 4.89. The summed E-state index contributed by atoms with van der Waals surface area (Å²) in [4.78, 5) is 27.4. The predicted octanol–water partition coefficient (Wildman–Crippen LogP) is 3.54. The molecule has 1 aliphatic heterocycles. The fraction of sp³-hybridized carbons (Fsp3) is 0.364. The first-order valence-electron chi connectivity index (χ1n) is 9.55. The number of piperazine rings is 1. The van der Waals surface area contributed by atoms with Gasteiger partial charge < -0.3 is 14.5 Å². The van der Waals surface area contributed by atoms with Crippen molar-refractivity contribution < 1.29 is 18.7 Å². The Kier molecular flexibility index (Phi) is 6.63. The number of hydrogen-bond acceptors (Lipinski definition) is 4. The number of nitrogens with zero attached hydrogens (tertiary/aromatic N) is 2. The Bertz CT molecular complexity index is 815. The third-order valence-corrected chi connectivity index (χ3v) is 4.89. The van der Waals surface area contributed by atoms with Gasteiger partial charge in [-0.2, -0.15) is 0 Å². The number of hydrogen-bond donors (Lipinski definition) is 0. The molecule has 1 saturated heterocycles. The second-order valence-corrected chi connectivity index (χ2v) is 6.85. The summed E-state index contributed by atoms with van der Waals surface area (Å²) in [5, 5.41) is 0. The summed E-state index contributed by atoms with van der Waals surface area (Å²) in [5.74, 6) is 0.586. The fourth-order valence-corrected chi connectivity index (χ4v) is 3.26. The zero-order chi connectivity index (χ0) is 19.9. The van der Waals surface area contributed by atoms with Crippen molar-refractivity contribution in [2.24, 2.45) is 0 Å². The SMILES string of the molecule is CC(=O)c1ccc(OCCCC(=O)N2CCN(c3ccccc3F)CC2)cc1. The van der Waals surface area contributed by atoms with Crippen LogP contribution < -0.4 is 9.64 Å². The van der Waals surface area contributed by atoms with Gasteiger partial charge in [0.05, 0.1) is 12.3 Å². The van der Waals surface area contributed by atoms with Crippen LogP contribution in [0.3, 0.4) is 0 Å². The minimum atomic E-state index is -0.226. The average Bonchev–Trinajstić information content (AvgIpc) is 2.72. The normalized spacial score (nSPS) is 14.1. The van der Waals surface area contributed by atoms with Crippen LogP contribution in [0.2, 0.25) is 0 Å². The smallest absolute Gasteiger partial charge is 0.222 e. The maximum atomic E-state index is 13.9. The van der Waals surface area contributed by atoms with Gasteiger partial charge in [0.2, 0.25) is 5.91 Å². The molecule has 1 aliphatic rings. The summed E-state index contributed by atoms with van der Waals surface area (Å²) in [6, 6.07) is 13.7. The van der Waals surface area contributed by atoms with Gasteiger partial charge in [-0.15, -0.1) is 0 Å². The van der Waals surface area contributed by atoms with E-state index in [2.05, 4.69) is 0 Å². The summed E-state index contributed by atoms with van der Waals surface area (Å²) in [6.45, 7) is 4.43. The molecule has 2 aromatic carbocycles. The first-order chi connectivity index (χ1) is 13.5. The second kappa shape index (κ2) is 9.35. The summed E-state index contributed by atoms with van der Waals surface area (Å²) in [5.41, 5.74) is 1.25.